The molecule has 0 spiro atoms. The Morgan fingerprint density at radius 1 is 0.382 bits per heavy atom. The van der Waals surface area contributed by atoms with Crippen LogP contribution in [-0.2, 0) is 4.79 Å². The zero-order valence-corrected chi connectivity index (χ0v) is 18.9. The Kier molecular flexibility index (Phi) is 5.58. The molecule has 2 heterocycles. The van der Waals surface area contributed by atoms with Crippen molar-refractivity contribution in [3.63, 3.8) is 0 Å². The molecule has 4 aromatic carbocycles. The van der Waals surface area contributed by atoms with Crippen LogP contribution in [-0.4, -0.2) is 5.78 Å². The van der Waals surface area contributed by atoms with E-state index in [4.69, 9.17) is 0 Å². The van der Waals surface area contributed by atoms with E-state index in [1.165, 1.54) is 0 Å². The number of hydrogen-bond donors (Lipinski definition) is 2. The van der Waals surface area contributed by atoms with Gasteiger partial charge in [-0.25, -0.2) is 0 Å². The maximum Gasteiger partial charge on any atom is 0.146 e. The first-order valence-electron chi connectivity index (χ1n) is 12.1. The Balaban J connectivity index is 1.52. The molecule has 0 saturated carbocycles. The molecule has 0 aliphatic carbocycles. The predicted octanol–water partition coefficient (Wildman–Crippen LogP) is 5.96. The molecule has 2 fully saturated rings. The van der Waals surface area contributed by atoms with Gasteiger partial charge in [0.1, 0.15) is 5.78 Å². The molecule has 2 saturated heterocycles. The van der Waals surface area contributed by atoms with Crippen molar-refractivity contribution in [3.05, 3.63) is 144 Å². The second-order valence-corrected chi connectivity index (χ2v) is 9.34. The van der Waals surface area contributed by atoms with Crippen LogP contribution in [0.1, 0.15) is 46.4 Å². The van der Waals surface area contributed by atoms with Crippen molar-refractivity contribution >= 4 is 5.78 Å². The first-order chi connectivity index (χ1) is 16.8. The van der Waals surface area contributed by atoms with Crippen LogP contribution in [0.15, 0.2) is 121 Å². The Labute approximate surface area is 200 Å². The van der Waals surface area contributed by atoms with Crippen LogP contribution in [0.4, 0.5) is 0 Å². The van der Waals surface area contributed by atoms with Gasteiger partial charge < -0.3 is 10.6 Å². The van der Waals surface area contributed by atoms with Gasteiger partial charge in [0, 0.05) is 24.2 Å². The number of ketones is 1. The fourth-order valence-corrected chi connectivity index (χ4v) is 5.92. The number of piperidine rings is 2. The summed E-state index contributed by atoms with van der Waals surface area (Å²) in [5, 5.41) is 7.91. The van der Waals surface area contributed by atoms with Gasteiger partial charge >= 0.3 is 0 Å². The summed E-state index contributed by atoms with van der Waals surface area (Å²) in [6.45, 7) is 0. The summed E-state index contributed by atoms with van der Waals surface area (Å²) in [6.07, 6.45) is 0. The number of benzene rings is 4. The quantitative estimate of drug-likeness (QED) is 0.408. The summed E-state index contributed by atoms with van der Waals surface area (Å²) >= 11 is 0. The van der Waals surface area contributed by atoms with Gasteiger partial charge in [0.2, 0.25) is 0 Å². The molecule has 168 valence electrons. The molecule has 6 rings (SSSR count). The molecule has 2 aliphatic heterocycles. The van der Waals surface area contributed by atoms with Gasteiger partial charge in [-0.1, -0.05) is 121 Å². The van der Waals surface area contributed by atoms with Crippen LogP contribution in [0, 0.1) is 11.8 Å². The van der Waals surface area contributed by atoms with Crippen LogP contribution in [0.5, 0.6) is 0 Å². The molecule has 2 aliphatic rings. The molecule has 0 aromatic heterocycles. The number of carbonyl (C=O) groups is 1. The van der Waals surface area contributed by atoms with Crippen LogP contribution in [0.2, 0.25) is 0 Å². The molecule has 6 atom stereocenters. The molecule has 2 bridgehead atoms. The molecule has 4 unspecified atom stereocenters. The SMILES string of the molecule is O=C1C2C(c3ccccc3)NC(c3ccccc3)C1[C@H](c1ccccc1)N[C@@H]2c1ccccc1. The van der Waals surface area contributed by atoms with Crippen LogP contribution in [0.25, 0.3) is 0 Å². The molecular formula is C31H28N2O. The monoisotopic (exact) mass is 444 g/mol. The summed E-state index contributed by atoms with van der Waals surface area (Å²) in [6, 6.07) is 41.4. The summed E-state index contributed by atoms with van der Waals surface area (Å²) in [7, 11) is 0. The number of nitrogens with one attached hydrogen (secondary N) is 2. The standard InChI is InChI=1S/C31H28N2O/c34-31-25-27(21-13-5-1-6-14-21)32-29(23-17-9-3-10-18-23)26(31)30(24-19-11-4-12-20-24)33-28(25)22-15-7-2-8-16-22/h1-20,25-30,32-33H/t25?,26?,27-,28?,29+,30?. The first kappa shape index (κ1) is 21.0. The van der Waals surface area contributed by atoms with E-state index in [2.05, 4.69) is 108 Å². The van der Waals surface area contributed by atoms with E-state index in [1.807, 2.05) is 24.3 Å². The Morgan fingerprint density at radius 3 is 0.853 bits per heavy atom. The Hall–Kier alpha value is -3.53. The van der Waals surface area contributed by atoms with E-state index < -0.39 is 0 Å². The molecule has 34 heavy (non-hydrogen) atoms. The maximum absolute atomic E-state index is 14.5. The van der Waals surface area contributed by atoms with Crippen molar-refractivity contribution in [3.8, 4) is 0 Å². The minimum Gasteiger partial charge on any atom is -0.302 e. The molecule has 3 nitrogen and oxygen atoms in total. The van der Waals surface area contributed by atoms with Crippen molar-refractivity contribution in [2.75, 3.05) is 0 Å². The van der Waals surface area contributed by atoms with Crippen molar-refractivity contribution in [2.24, 2.45) is 11.8 Å². The highest BCUT2D eigenvalue weighted by Gasteiger charge is 2.55. The Morgan fingerprint density at radius 2 is 0.618 bits per heavy atom. The second-order valence-electron chi connectivity index (χ2n) is 9.34. The topological polar surface area (TPSA) is 41.1 Å². The highest BCUT2D eigenvalue weighted by Crippen LogP contribution is 2.51. The molecule has 3 heteroatoms. The highest BCUT2D eigenvalue weighted by atomic mass is 16.1. The van der Waals surface area contributed by atoms with Crippen molar-refractivity contribution in [1.29, 1.82) is 0 Å². The lowest BCUT2D eigenvalue weighted by molar-refractivity contribution is -0.139. The van der Waals surface area contributed by atoms with E-state index in [-0.39, 0.29) is 36.0 Å². The van der Waals surface area contributed by atoms with Crippen LogP contribution in [0.3, 0.4) is 0 Å². The lowest BCUT2D eigenvalue weighted by Crippen LogP contribution is -2.60. The van der Waals surface area contributed by atoms with Crippen molar-refractivity contribution < 1.29 is 4.79 Å². The lowest BCUT2D eigenvalue weighted by atomic mass is 9.64. The fraction of sp³-hybridized carbons (Fsp3) is 0.194. The van der Waals surface area contributed by atoms with Gasteiger partial charge in [-0.3, -0.25) is 4.79 Å². The van der Waals surface area contributed by atoms with Gasteiger partial charge in [0.25, 0.3) is 0 Å². The zero-order chi connectivity index (χ0) is 22.9. The smallest absolute Gasteiger partial charge is 0.146 e. The van der Waals surface area contributed by atoms with Gasteiger partial charge in [0.15, 0.2) is 0 Å². The maximum atomic E-state index is 14.5. The van der Waals surface area contributed by atoms with Crippen molar-refractivity contribution in [1.82, 2.24) is 10.6 Å². The van der Waals surface area contributed by atoms with Gasteiger partial charge in [-0.2, -0.15) is 0 Å². The number of carbonyl (C=O) groups excluding carboxylic acids is 1. The molecule has 2 N–H and O–H groups in total. The van der Waals surface area contributed by atoms with Gasteiger partial charge in [-0.05, 0) is 22.3 Å². The van der Waals surface area contributed by atoms with E-state index in [1.54, 1.807) is 0 Å². The van der Waals surface area contributed by atoms with Gasteiger partial charge in [0.05, 0.1) is 11.8 Å². The molecule has 0 radical (unpaired) electrons. The van der Waals surface area contributed by atoms with E-state index in [0.717, 1.165) is 22.3 Å². The normalized spacial score (nSPS) is 28.4. The lowest BCUT2D eigenvalue weighted by Gasteiger charge is -2.52. The number of Topliss-reactive ketones (excluding diaryl/α,β-unsaturated/α-hetero) is 1. The molecule has 4 aromatic rings. The second kappa shape index (κ2) is 9.02. The summed E-state index contributed by atoms with van der Waals surface area (Å²) in [5.74, 6) is -0.0626. The average molecular weight is 445 g/mol. The molecule has 0 amide bonds. The van der Waals surface area contributed by atoms with E-state index >= 15 is 0 Å². The average Bonchev–Trinajstić information content (AvgIpc) is 2.91. The largest absolute Gasteiger partial charge is 0.302 e. The zero-order valence-electron chi connectivity index (χ0n) is 18.9. The minimum atomic E-state index is -0.199. The van der Waals surface area contributed by atoms with Crippen LogP contribution >= 0.6 is 0 Å². The molecular weight excluding hydrogens is 416 g/mol. The van der Waals surface area contributed by atoms with E-state index in [0.29, 0.717) is 5.78 Å². The van der Waals surface area contributed by atoms with Gasteiger partial charge in [-0.15, -0.1) is 0 Å². The first-order valence-corrected chi connectivity index (χ1v) is 12.1. The van der Waals surface area contributed by atoms with Crippen molar-refractivity contribution in [2.45, 2.75) is 24.2 Å². The van der Waals surface area contributed by atoms with E-state index in [9.17, 15) is 4.79 Å². The number of rotatable bonds is 4. The predicted molar refractivity (Wildman–Crippen MR) is 135 cm³/mol. The number of fused-ring (bicyclic) bond motifs is 2. The summed E-state index contributed by atoms with van der Waals surface area (Å²) in [5.41, 5.74) is 4.62. The third kappa shape index (κ3) is 3.67. The summed E-state index contributed by atoms with van der Waals surface area (Å²) in [4.78, 5) is 14.5. The highest BCUT2D eigenvalue weighted by molar-refractivity contribution is 5.89. The third-order valence-electron chi connectivity index (χ3n) is 7.45. The Bertz CT molecular complexity index is 1050. The number of hydrogen-bond acceptors (Lipinski definition) is 3. The summed E-state index contributed by atoms with van der Waals surface area (Å²) < 4.78 is 0. The third-order valence-corrected chi connectivity index (χ3v) is 7.45. The minimum absolute atomic E-state index is 0.0791. The fourth-order valence-electron chi connectivity index (χ4n) is 5.92. The van der Waals surface area contributed by atoms with Crippen LogP contribution < -0.4 is 10.6 Å².